The van der Waals surface area contributed by atoms with Crippen LogP contribution < -0.4 is 5.73 Å². The summed E-state index contributed by atoms with van der Waals surface area (Å²) in [5.74, 6) is 0.713. The van der Waals surface area contributed by atoms with Crippen molar-refractivity contribution >= 4 is 0 Å². The van der Waals surface area contributed by atoms with E-state index in [0.717, 1.165) is 0 Å². The van der Waals surface area contributed by atoms with Crippen molar-refractivity contribution in [1.82, 2.24) is 0 Å². The molecule has 1 heteroatoms. The first-order valence-corrected chi connectivity index (χ1v) is 5.44. The largest absolute Gasteiger partial charge is 0.327 e. The van der Waals surface area contributed by atoms with E-state index in [1.807, 2.05) is 0 Å². The van der Waals surface area contributed by atoms with E-state index in [0.29, 0.717) is 12.0 Å². The highest BCUT2D eigenvalue weighted by Crippen LogP contribution is 2.42. The molecule has 2 N–H and O–H groups in total. The maximum Gasteiger partial charge on any atom is 0.0156 e. The molecule has 0 spiro atoms. The molecule has 0 amide bonds. The van der Waals surface area contributed by atoms with Gasteiger partial charge in [0.05, 0.1) is 0 Å². The molecule has 0 aliphatic heterocycles. The summed E-state index contributed by atoms with van der Waals surface area (Å²) in [6.07, 6.45) is 4.95. The molecule has 13 heavy (non-hydrogen) atoms. The SMILES string of the molecule is C=C1CCC(CCC)[C@@H](N)C1(C)C. The lowest BCUT2D eigenvalue weighted by Crippen LogP contribution is -2.47. The van der Waals surface area contributed by atoms with Gasteiger partial charge in [0, 0.05) is 11.5 Å². The van der Waals surface area contributed by atoms with Crippen LogP contribution in [0.25, 0.3) is 0 Å². The molecule has 2 atom stereocenters. The molecule has 1 fully saturated rings. The Bertz CT molecular complexity index is 193. The van der Waals surface area contributed by atoms with E-state index in [-0.39, 0.29) is 5.41 Å². The summed E-state index contributed by atoms with van der Waals surface area (Å²) in [4.78, 5) is 0. The summed E-state index contributed by atoms with van der Waals surface area (Å²) < 4.78 is 0. The summed E-state index contributed by atoms with van der Waals surface area (Å²) >= 11 is 0. The highest BCUT2D eigenvalue weighted by atomic mass is 14.7. The van der Waals surface area contributed by atoms with Gasteiger partial charge < -0.3 is 5.73 Å². The van der Waals surface area contributed by atoms with Gasteiger partial charge in [0.2, 0.25) is 0 Å². The van der Waals surface area contributed by atoms with Gasteiger partial charge >= 0.3 is 0 Å². The van der Waals surface area contributed by atoms with E-state index in [1.165, 1.54) is 31.3 Å². The van der Waals surface area contributed by atoms with Gasteiger partial charge in [-0.15, -0.1) is 0 Å². The summed E-state index contributed by atoms with van der Waals surface area (Å²) in [6, 6.07) is 0.314. The molecule has 0 aromatic carbocycles. The third-order valence-corrected chi connectivity index (χ3v) is 3.73. The van der Waals surface area contributed by atoms with Crippen LogP contribution in [0.15, 0.2) is 12.2 Å². The van der Waals surface area contributed by atoms with Gasteiger partial charge in [0.15, 0.2) is 0 Å². The van der Waals surface area contributed by atoms with Gasteiger partial charge in [-0.25, -0.2) is 0 Å². The van der Waals surface area contributed by atoms with Crippen LogP contribution >= 0.6 is 0 Å². The lowest BCUT2D eigenvalue weighted by molar-refractivity contribution is 0.192. The molecule has 0 radical (unpaired) electrons. The lowest BCUT2D eigenvalue weighted by Gasteiger charge is -2.43. The van der Waals surface area contributed by atoms with Gasteiger partial charge in [-0.3, -0.25) is 0 Å². The molecule has 0 aromatic heterocycles. The third-order valence-electron chi connectivity index (χ3n) is 3.73. The Morgan fingerprint density at radius 3 is 2.69 bits per heavy atom. The minimum Gasteiger partial charge on any atom is -0.327 e. The average Bonchev–Trinajstić information content (AvgIpc) is 2.08. The number of rotatable bonds is 2. The average molecular weight is 181 g/mol. The van der Waals surface area contributed by atoms with Crippen LogP contribution in [0.4, 0.5) is 0 Å². The van der Waals surface area contributed by atoms with Crippen molar-refractivity contribution in [2.24, 2.45) is 17.1 Å². The molecule has 1 aliphatic rings. The van der Waals surface area contributed by atoms with Crippen LogP contribution in [0, 0.1) is 11.3 Å². The second-order valence-electron chi connectivity index (χ2n) is 4.94. The van der Waals surface area contributed by atoms with E-state index >= 15 is 0 Å². The fourth-order valence-corrected chi connectivity index (χ4v) is 2.38. The Morgan fingerprint density at radius 1 is 1.54 bits per heavy atom. The first kappa shape index (κ1) is 10.8. The first-order chi connectivity index (χ1) is 6.00. The van der Waals surface area contributed by atoms with Crippen molar-refractivity contribution in [3.63, 3.8) is 0 Å². The van der Waals surface area contributed by atoms with Gasteiger partial charge in [0.25, 0.3) is 0 Å². The van der Waals surface area contributed by atoms with E-state index in [9.17, 15) is 0 Å². The van der Waals surface area contributed by atoms with Crippen molar-refractivity contribution < 1.29 is 0 Å². The van der Waals surface area contributed by atoms with Crippen LogP contribution in [0.2, 0.25) is 0 Å². The molecule has 1 nitrogen and oxygen atoms in total. The summed E-state index contributed by atoms with van der Waals surface area (Å²) in [7, 11) is 0. The van der Waals surface area contributed by atoms with Crippen molar-refractivity contribution in [1.29, 1.82) is 0 Å². The highest BCUT2D eigenvalue weighted by molar-refractivity contribution is 5.15. The van der Waals surface area contributed by atoms with Gasteiger partial charge in [-0.2, -0.15) is 0 Å². The predicted octanol–water partition coefficient (Wildman–Crippen LogP) is 3.11. The fraction of sp³-hybridized carbons (Fsp3) is 0.833. The maximum absolute atomic E-state index is 6.27. The third kappa shape index (κ3) is 1.96. The molecular formula is C12H23N. The van der Waals surface area contributed by atoms with Crippen LogP contribution in [0.1, 0.15) is 46.5 Å². The fourth-order valence-electron chi connectivity index (χ4n) is 2.38. The normalized spacial score (nSPS) is 33.4. The second kappa shape index (κ2) is 3.83. The molecule has 0 heterocycles. The van der Waals surface area contributed by atoms with Gasteiger partial charge in [0.1, 0.15) is 0 Å². The van der Waals surface area contributed by atoms with Gasteiger partial charge in [-0.05, 0) is 25.2 Å². The zero-order chi connectivity index (χ0) is 10.1. The zero-order valence-corrected chi connectivity index (χ0v) is 9.27. The van der Waals surface area contributed by atoms with Crippen molar-refractivity contribution in [3.05, 3.63) is 12.2 Å². The molecule has 1 rings (SSSR count). The Kier molecular flexibility index (Phi) is 3.18. The Labute approximate surface area is 82.4 Å². The molecule has 0 saturated heterocycles. The molecule has 0 aromatic rings. The highest BCUT2D eigenvalue weighted by Gasteiger charge is 2.38. The molecule has 76 valence electrons. The molecule has 1 aliphatic carbocycles. The van der Waals surface area contributed by atoms with E-state index in [1.54, 1.807) is 0 Å². The minimum atomic E-state index is 0.151. The molecule has 1 saturated carbocycles. The second-order valence-corrected chi connectivity index (χ2v) is 4.94. The molecule has 0 bridgehead atoms. The summed E-state index contributed by atoms with van der Waals surface area (Å²) in [5.41, 5.74) is 7.76. The summed E-state index contributed by atoms with van der Waals surface area (Å²) in [6.45, 7) is 10.8. The number of hydrogen-bond acceptors (Lipinski definition) is 1. The first-order valence-electron chi connectivity index (χ1n) is 5.44. The van der Waals surface area contributed by atoms with Crippen LogP contribution in [0.5, 0.6) is 0 Å². The van der Waals surface area contributed by atoms with E-state index in [4.69, 9.17) is 5.73 Å². The number of nitrogens with two attached hydrogens (primary N) is 1. The van der Waals surface area contributed by atoms with Crippen LogP contribution in [-0.2, 0) is 0 Å². The summed E-state index contributed by atoms with van der Waals surface area (Å²) in [5, 5.41) is 0. The Hall–Kier alpha value is -0.300. The van der Waals surface area contributed by atoms with E-state index in [2.05, 4.69) is 27.4 Å². The Morgan fingerprint density at radius 2 is 2.15 bits per heavy atom. The Balaban J connectivity index is 2.70. The quantitative estimate of drug-likeness (QED) is 0.651. The van der Waals surface area contributed by atoms with Crippen molar-refractivity contribution in [2.45, 2.75) is 52.5 Å². The molecular weight excluding hydrogens is 158 g/mol. The monoisotopic (exact) mass is 181 g/mol. The van der Waals surface area contributed by atoms with Crippen LogP contribution in [-0.4, -0.2) is 6.04 Å². The zero-order valence-electron chi connectivity index (χ0n) is 9.27. The van der Waals surface area contributed by atoms with Gasteiger partial charge in [-0.1, -0.05) is 39.3 Å². The smallest absolute Gasteiger partial charge is 0.0156 e. The lowest BCUT2D eigenvalue weighted by atomic mass is 9.65. The topological polar surface area (TPSA) is 26.0 Å². The van der Waals surface area contributed by atoms with Crippen LogP contribution in [0.3, 0.4) is 0 Å². The van der Waals surface area contributed by atoms with Crippen molar-refractivity contribution in [2.75, 3.05) is 0 Å². The molecule has 1 unspecified atom stereocenters. The number of hydrogen-bond donors (Lipinski definition) is 1. The van der Waals surface area contributed by atoms with E-state index < -0.39 is 0 Å². The van der Waals surface area contributed by atoms with Crippen molar-refractivity contribution in [3.8, 4) is 0 Å². The standard InChI is InChI=1S/C12H23N/c1-5-6-10-8-7-9(2)12(3,4)11(10)13/h10-11H,2,5-8,13H2,1,3-4H3/t10?,11-/m1/s1. The predicted molar refractivity (Wildman–Crippen MR) is 58.5 cm³/mol. The minimum absolute atomic E-state index is 0.151. The maximum atomic E-state index is 6.27.